The average Bonchev–Trinajstić information content (AvgIpc) is 2.66. The smallest absolute Gasteiger partial charge is 0.247 e. The number of carbonyl (C=O) groups is 1. The van der Waals surface area contributed by atoms with E-state index in [9.17, 15) is 4.79 Å². The third-order valence-electron chi connectivity index (χ3n) is 4.76. The Kier molecular flexibility index (Phi) is 5.52. The van der Waals surface area contributed by atoms with Gasteiger partial charge < -0.3 is 14.4 Å². The van der Waals surface area contributed by atoms with Gasteiger partial charge in [-0.2, -0.15) is 0 Å². The highest BCUT2D eigenvalue weighted by Crippen LogP contribution is 2.37. The third kappa shape index (κ3) is 3.70. The van der Waals surface area contributed by atoms with E-state index in [1.807, 2.05) is 54.3 Å². The second kappa shape index (κ2) is 7.83. The van der Waals surface area contributed by atoms with Gasteiger partial charge in [0.25, 0.3) is 0 Å². The van der Waals surface area contributed by atoms with E-state index in [0.29, 0.717) is 17.3 Å². The van der Waals surface area contributed by atoms with Gasteiger partial charge in [-0.3, -0.25) is 4.79 Å². The van der Waals surface area contributed by atoms with Crippen LogP contribution in [0.5, 0.6) is 11.5 Å². The predicted octanol–water partition coefficient (Wildman–Crippen LogP) is 4.52. The van der Waals surface area contributed by atoms with Crippen LogP contribution in [-0.4, -0.2) is 31.6 Å². The van der Waals surface area contributed by atoms with E-state index in [-0.39, 0.29) is 11.9 Å². The highest BCUT2D eigenvalue weighted by atomic mass is 35.5. The van der Waals surface area contributed by atoms with Crippen LogP contribution in [0.3, 0.4) is 0 Å². The molecule has 1 heterocycles. The van der Waals surface area contributed by atoms with Crippen molar-refractivity contribution in [3.8, 4) is 11.5 Å². The number of ether oxygens (including phenoxy) is 2. The molecule has 0 aromatic heterocycles. The second-order valence-corrected chi connectivity index (χ2v) is 6.68. The highest BCUT2D eigenvalue weighted by Gasteiger charge is 2.28. The minimum Gasteiger partial charge on any atom is -0.493 e. The zero-order valence-electron chi connectivity index (χ0n) is 15.2. The van der Waals surface area contributed by atoms with Gasteiger partial charge in [-0.1, -0.05) is 23.7 Å². The van der Waals surface area contributed by atoms with Crippen LogP contribution in [0.4, 0.5) is 0 Å². The molecule has 1 amide bonds. The summed E-state index contributed by atoms with van der Waals surface area (Å²) in [4.78, 5) is 14.6. The van der Waals surface area contributed by atoms with E-state index in [0.717, 1.165) is 23.3 Å². The summed E-state index contributed by atoms with van der Waals surface area (Å²) in [6, 6.07) is 11.4. The Hall–Kier alpha value is -2.46. The first-order chi connectivity index (χ1) is 12.5. The Morgan fingerprint density at radius 3 is 2.46 bits per heavy atom. The largest absolute Gasteiger partial charge is 0.493 e. The van der Waals surface area contributed by atoms with Crippen LogP contribution in [0.1, 0.15) is 29.7 Å². The van der Waals surface area contributed by atoms with Gasteiger partial charge in [0.15, 0.2) is 11.5 Å². The molecule has 0 bridgehead atoms. The summed E-state index contributed by atoms with van der Waals surface area (Å²) < 4.78 is 10.8. The number of nitrogens with zero attached hydrogens (tertiary/aromatic N) is 1. The topological polar surface area (TPSA) is 38.8 Å². The summed E-state index contributed by atoms with van der Waals surface area (Å²) in [7, 11) is 3.25. The van der Waals surface area contributed by atoms with Crippen molar-refractivity contribution in [3.05, 3.63) is 64.2 Å². The first-order valence-electron chi connectivity index (χ1n) is 8.52. The third-order valence-corrected chi connectivity index (χ3v) is 5.01. The molecule has 5 heteroatoms. The van der Waals surface area contributed by atoms with Crippen LogP contribution < -0.4 is 9.47 Å². The predicted molar refractivity (Wildman–Crippen MR) is 104 cm³/mol. The Morgan fingerprint density at radius 2 is 1.81 bits per heavy atom. The van der Waals surface area contributed by atoms with E-state index in [1.54, 1.807) is 20.3 Å². The fraction of sp³-hybridized carbons (Fsp3) is 0.286. The monoisotopic (exact) mass is 371 g/mol. The van der Waals surface area contributed by atoms with Crippen molar-refractivity contribution in [1.82, 2.24) is 4.90 Å². The summed E-state index contributed by atoms with van der Waals surface area (Å²) in [5.74, 6) is 1.40. The molecule has 26 heavy (non-hydrogen) atoms. The Morgan fingerprint density at radius 1 is 1.15 bits per heavy atom. The Balaban J connectivity index is 1.80. The van der Waals surface area contributed by atoms with Gasteiger partial charge in [-0.05, 0) is 60.4 Å². The van der Waals surface area contributed by atoms with E-state index in [4.69, 9.17) is 21.1 Å². The van der Waals surface area contributed by atoms with Crippen LogP contribution in [0.25, 0.3) is 6.08 Å². The number of carbonyl (C=O) groups excluding carboxylic acids is 1. The van der Waals surface area contributed by atoms with Crippen molar-refractivity contribution in [2.45, 2.75) is 19.4 Å². The molecular weight excluding hydrogens is 350 g/mol. The summed E-state index contributed by atoms with van der Waals surface area (Å²) >= 11 is 5.89. The Bertz CT molecular complexity index is 830. The summed E-state index contributed by atoms with van der Waals surface area (Å²) in [6.45, 7) is 2.71. The molecule has 0 radical (unpaired) electrons. The average molecular weight is 372 g/mol. The molecule has 3 rings (SSSR count). The van der Waals surface area contributed by atoms with Crippen molar-refractivity contribution in [1.29, 1.82) is 0 Å². The molecule has 0 saturated carbocycles. The molecule has 1 atom stereocenters. The van der Waals surface area contributed by atoms with Gasteiger partial charge in [-0.15, -0.1) is 0 Å². The van der Waals surface area contributed by atoms with Crippen LogP contribution in [0.15, 0.2) is 42.5 Å². The molecule has 1 unspecified atom stereocenters. The molecule has 0 fully saturated rings. The molecule has 4 nitrogen and oxygen atoms in total. The molecule has 136 valence electrons. The maximum atomic E-state index is 12.7. The molecule has 2 aromatic rings. The van der Waals surface area contributed by atoms with Gasteiger partial charge in [0.2, 0.25) is 5.91 Å². The lowest BCUT2D eigenvalue weighted by Crippen LogP contribution is -2.37. The molecule has 0 N–H and O–H groups in total. The van der Waals surface area contributed by atoms with Crippen molar-refractivity contribution in [3.63, 3.8) is 0 Å². The van der Waals surface area contributed by atoms with Crippen LogP contribution in [0.2, 0.25) is 5.02 Å². The molecular formula is C21H22ClNO3. The molecule has 0 spiro atoms. The SMILES string of the molecule is COc1cc2c(cc1OC)C(C)N(C(=O)C=Cc1ccc(Cl)cc1)CC2. The lowest BCUT2D eigenvalue weighted by atomic mass is 9.92. The van der Waals surface area contributed by atoms with Crippen LogP contribution in [-0.2, 0) is 11.2 Å². The van der Waals surface area contributed by atoms with Crippen LogP contribution in [0, 0.1) is 0 Å². The van der Waals surface area contributed by atoms with Crippen molar-refractivity contribution in [2.75, 3.05) is 20.8 Å². The lowest BCUT2D eigenvalue weighted by Gasteiger charge is -2.35. The van der Waals surface area contributed by atoms with Gasteiger partial charge in [-0.25, -0.2) is 0 Å². The fourth-order valence-electron chi connectivity index (χ4n) is 3.28. The number of hydrogen-bond donors (Lipinski definition) is 0. The lowest BCUT2D eigenvalue weighted by molar-refractivity contribution is -0.128. The number of halogens is 1. The van der Waals surface area contributed by atoms with Crippen molar-refractivity contribution < 1.29 is 14.3 Å². The van der Waals surface area contributed by atoms with Crippen molar-refractivity contribution in [2.24, 2.45) is 0 Å². The maximum Gasteiger partial charge on any atom is 0.247 e. The van der Waals surface area contributed by atoms with Crippen LogP contribution >= 0.6 is 11.6 Å². The molecule has 0 aliphatic carbocycles. The zero-order valence-corrected chi connectivity index (χ0v) is 15.9. The molecule has 1 aliphatic rings. The normalized spacial score (nSPS) is 16.5. The minimum absolute atomic E-state index is 0.00659. The van der Waals surface area contributed by atoms with Gasteiger partial charge >= 0.3 is 0 Å². The fourth-order valence-corrected chi connectivity index (χ4v) is 3.41. The number of amides is 1. The molecule has 1 aliphatic heterocycles. The van der Waals surface area contributed by atoms with E-state index in [2.05, 4.69) is 0 Å². The highest BCUT2D eigenvalue weighted by molar-refractivity contribution is 6.30. The zero-order chi connectivity index (χ0) is 18.7. The first-order valence-corrected chi connectivity index (χ1v) is 8.90. The summed E-state index contributed by atoms with van der Waals surface area (Å²) in [5.41, 5.74) is 3.24. The van der Waals surface area contributed by atoms with E-state index < -0.39 is 0 Å². The van der Waals surface area contributed by atoms with Gasteiger partial charge in [0.05, 0.1) is 20.3 Å². The molecule has 2 aromatic carbocycles. The number of methoxy groups -OCH3 is 2. The summed E-state index contributed by atoms with van der Waals surface area (Å²) in [6.07, 6.45) is 4.22. The standard InChI is InChI=1S/C21H22ClNO3/c1-14-18-13-20(26-3)19(25-2)12-16(18)10-11-23(14)21(24)9-6-15-4-7-17(22)8-5-15/h4-9,12-14H,10-11H2,1-3H3. The van der Waals surface area contributed by atoms with Gasteiger partial charge in [0.1, 0.15) is 0 Å². The second-order valence-electron chi connectivity index (χ2n) is 6.25. The number of rotatable bonds is 4. The first kappa shape index (κ1) is 18.3. The maximum absolute atomic E-state index is 12.7. The van der Waals surface area contributed by atoms with E-state index >= 15 is 0 Å². The quantitative estimate of drug-likeness (QED) is 0.742. The number of hydrogen-bond acceptors (Lipinski definition) is 3. The van der Waals surface area contributed by atoms with Gasteiger partial charge in [0, 0.05) is 17.6 Å². The van der Waals surface area contributed by atoms with E-state index in [1.165, 1.54) is 5.56 Å². The molecule has 0 saturated heterocycles. The Labute approximate surface area is 159 Å². The summed E-state index contributed by atoms with van der Waals surface area (Å²) in [5, 5.41) is 0.680. The van der Waals surface area contributed by atoms with Crippen molar-refractivity contribution >= 4 is 23.6 Å². The number of benzene rings is 2. The number of fused-ring (bicyclic) bond motifs is 1. The minimum atomic E-state index is -0.0269.